The van der Waals surface area contributed by atoms with Crippen molar-refractivity contribution in [3.8, 4) is 0 Å². The predicted octanol–water partition coefficient (Wildman–Crippen LogP) is 4.09. The van der Waals surface area contributed by atoms with Crippen LogP contribution in [0.3, 0.4) is 0 Å². The Balaban J connectivity index is 1.78. The highest BCUT2D eigenvalue weighted by Crippen LogP contribution is 2.64. The second-order valence-electron chi connectivity index (χ2n) is 11.3. The van der Waals surface area contributed by atoms with E-state index in [1.54, 1.807) is 22.8 Å². The van der Waals surface area contributed by atoms with E-state index in [1.165, 1.54) is 0 Å². The second kappa shape index (κ2) is 11.8. The molecule has 1 aromatic rings. The SMILES string of the molecule is C=CCN(C(=O)C1N(CCCCCCO)C(=O)[C@@H]2[C@H](C(=O)OCC)[C@]3(CC)CCC12O3)c1cc(C)ccc1C. The number of fused-ring (bicyclic) bond motifs is 1. The van der Waals surface area contributed by atoms with Gasteiger partial charge >= 0.3 is 5.97 Å². The summed E-state index contributed by atoms with van der Waals surface area (Å²) in [6, 6.07) is 5.15. The van der Waals surface area contributed by atoms with Crippen LogP contribution in [0.25, 0.3) is 0 Å². The summed E-state index contributed by atoms with van der Waals surface area (Å²) < 4.78 is 12.3. The standard InChI is InChI=1S/C31H44N2O6/c1-6-17-32(23-20-21(4)13-14-22(23)5)28(36)26-31-16-15-30(7-2,39-31)25(29(37)38-8-3)24(31)27(35)33(26)18-11-9-10-12-19-34/h6,13-14,20,24-26,34H,1,7-12,15-19H2,2-5H3/t24-,25+,26?,30-,31?/m0/s1. The first-order valence-electron chi connectivity index (χ1n) is 14.5. The number of aliphatic hydroxyl groups is 1. The molecule has 39 heavy (non-hydrogen) atoms. The first-order chi connectivity index (χ1) is 18.7. The molecule has 2 bridgehead atoms. The molecule has 1 N–H and O–H groups in total. The number of aryl methyl sites for hydroxylation is 2. The lowest BCUT2D eigenvalue weighted by molar-refractivity contribution is -0.160. The molecule has 5 atom stereocenters. The molecule has 3 heterocycles. The van der Waals surface area contributed by atoms with Crippen LogP contribution < -0.4 is 4.90 Å². The van der Waals surface area contributed by atoms with Crippen molar-refractivity contribution in [2.24, 2.45) is 11.8 Å². The number of ether oxygens (including phenoxy) is 2. The number of benzene rings is 1. The maximum Gasteiger partial charge on any atom is 0.312 e. The Hall–Kier alpha value is -2.71. The van der Waals surface area contributed by atoms with Crippen LogP contribution in [-0.2, 0) is 23.9 Å². The summed E-state index contributed by atoms with van der Waals surface area (Å²) in [5.41, 5.74) is 0.887. The van der Waals surface area contributed by atoms with Crippen LogP contribution in [0.5, 0.6) is 0 Å². The van der Waals surface area contributed by atoms with Crippen LogP contribution in [-0.4, -0.2) is 71.3 Å². The molecule has 2 unspecified atom stereocenters. The number of nitrogens with zero attached hydrogens (tertiary/aromatic N) is 2. The first-order valence-corrected chi connectivity index (χ1v) is 14.5. The lowest BCUT2D eigenvalue weighted by Gasteiger charge is -2.37. The van der Waals surface area contributed by atoms with Gasteiger partial charge < -0.3 is 24.4 Å². The molecule has 214 valence electrons. The summed E-state index contributed by atoms with van der Waals surface area (Å²) >= 11 is 0. The van der Waals surface area contributed by atoms with E-state index < -0.39 is 35.0 Å². The van der Waals surface area contributed by atoms with Gasteiger partial charge in [-0.3, -0.25) is 14.4 Å². The number of carbonyl (C=O) groups excluding carboxylic acids is 3. The van der Waals surface area contributed by atoms with E-state index in [0.29, 0.717) is 45.2 Å². The van der Waals surface area contributed by atoms with Crippen LogP contribution >= 0.6 is 0 Å². The fourth-order valence-electron chi connectivity index (χ4n) is 7.17. The van der Waals surface area contributed by atoms with Gasteiger partial charge in [0.1, 0.15) is 17.6 Å². The third-order valence-electron chi connectivity index (χ3n) is 9.00. The van der Waals surface area contributed by atoms with Crippen LogP contribution in [0.15, 0.2) is 30.9 Å². The number of hydrogen-bond acceptors (Lipinski definition) is 6. The van der Waals surface area contributed by atoms with E-state index in [1.807, 2.05) is 39.0 Å². The molecule has 0 aliphatic carbocycles. The third-order valence-corrected chi connectivity index (χ3v) is 9.00. The molecule has 3 saturated heterocycles. The van der Waals surface area contributed by atoms with E-state index in [2.05, 4.69) is 6.58 Å². The predicted molar refractivity (Wildman–Crippen MR) is 149 cm³/mol. The number of esters is 1. The summed E-state index contributed by atoms with van der Waals surface area (Å²) in [5.74, 6) is -2.28. The number of rotatable bonds is 13. The number of likely N-dealkylation sites (tertiary alicyclic amines) is 1. The van der Waals surface area contributed by atoms with Gasteiger partial charge in [-0.1, -0.05) is 38.0 Å². The molecule has 3 aliphatic heterocycles. The second-order valence-corrected chi connectivity index (χ2v) is 11.3. The highest BCUT2D eigenvalue weighted by atomic mass is 16.6. The number of aliphatic hydroxyl groups excluding tert-OH is 1. The highest BCUT2D eigenvalue weighted by Gasteiger charge is 2.79. The molecule has 0 radical (unpaired) electrons. The van der Waals surface area contributed by atoms with Gasteiger partial charge in [-0.05, 0) is 70.1 Å². The smallest absolute Gasteiger partial charge is 0.312 e. The van der Waals surface area contributed by atoms with Gasteiger partial charge in [-0.25, -0.2) is 0 Å². The Morgan fingerprint density at radius 1 is 1.21 bits per heavy atom. The lowest BCUT2D eigenvalue weighted by Crippen LogP contribution is -2.56. The molecule has 0 saturated carbocycles. The van der Waals surface area contributed by atoms with Gasteiger partial charge in [-0.15, -0.1) is 6.58 Å². The number of hydrogen-bond donors (Lipinski definition) is 1. The van der Waals surface area contributed by atoms with Crippen molar-refractivity contribution in [1.29, 1.82) is 0 Å². The van der Waals surface area contributed by atoms with Crippen molar-refractivity contribution in [2.45, 2.75) is 89.9 Å². The molecule has 1 aromatic carbocycles. The summed E-state index contributed by atoms with van der Waals surface area (Å²) in [6.45, 7) is 12.6. The summed E-state index contributed by atoms with van der Waals surface area (Å²) in [4.78, 5) is 45.6. The summed E-state index contributed by atoms with van der Waals surface area (Å²) in [5, 5.41) is 9.16. The average molecular weight is 541 g/mol. The molecule has 0 aromatic heterocycles. The zero-order valence-corrected chi connectivity index (χ0v) is 23.9. The van der Waals surface area contributed by atoms with E-state index in [0.717, 1.165) is 29.7 Å². The Labute approximate surface area is 232 Å². The van der Waals surface area contributed by atoms with Crippen molar-refractivity contribution in [3.05, 3.63) is 42.0 Å². The van der Waals surface area contributed by atoms with E-state index in [9.17, 15) is 14.4 Å². The summed E-state index contributed by atoms with van der Waals surface area (Å²) in [7, 11) is 0. The molecular weight excluding hydrogens is 496 g/mol. The normalized spacial score (nSPS) is 29.0. The Morgan fingerprint density at radius 3 is 2.62 bits per heavy atom. The van der Waals surface area contributed by atoms with Gasteiger partial charge in [0, 0.05) is 25.4 Å². The first kappa shape index (κ1) is 29.3. The monoisotopic (exact) mass is 540 g/mol. The Kier molecular flexibility index (Phi) is 8.86. The number of amides is 2. The number of unbranched alkanes of at least 4 members (excludes halogenated alkanes) is 3. The van der Waals surface area contributed by atoms with Crippen molar-refractivity contribution in [3.63, 3.8) is 0 Å². The van der Waals surface area contributed by atoms with Gasteiger partial charge in [0.15, 0.2) is 0 Å². The maximum absolute atomic E-state index is 14.7. The fraction of sp³-hybridized carbons (Fsp3) is 0.645. The molecular formula is C31H44N2O6. The van der Waals surface area contributed by atoms with E-state index in [-0.39, 0.29) is 25.0 Å². The number of anilines is 1. The zero-order chi connectivity index (χ0) is 28.4. The molecule has 8 nitrogen and oxygen atoms in total. The van der Waals surface area contributed by atoms with Gasteiger partial charge in [0.25, 0.3) is 5.91 Å². The Morgan fingerprint density at radius 2 is 1.95 bits per heavy atom. The van der Waals surface area contributed by atoms with Crippen molar-refractivity contribution >= 4 is 23.5 Å². The highest BCUT2D eigenvalue weighted by molar-refractivity contribution is 6.05. The average Bonchev–Trinajstić information content (AvgIpc) is 3.52. The molecule has 3 aliphatic rings. The van der Waals surface area contributed by atoms with Gasteiger partial charge in [0.2, 0.25) is 5.91 Å². The van der Waals surface area contributed by atoms with Crippen LogP contribution in [0.4, 0.5) is 5.69 Å². The molecule has 3 fully saturated rings. The Bertz CT molecular complexity index is 1100. The van der Waals surface area contributed by atoms with Crippen LogP contribution in [0.1, 0.15) is 69.9 Å². The topological polar surface area (TPSA) is 96.4 Å². The minimum atomic E-state index is -1.08. The number of carbonyl (C=O) groups is 3. The summed E-state index contributed by atoms with van der Waals surface area (Å²) in [6.07, 6.45) is 6.50. The van der Waals surface area contributed by atoms with Gasteiger partial charge in [-0.2, -0.15) is 0 Å². The van der Waals surface area contributed by atoms with Crippen molar-refractivity contribution in [1.82, 2.24) is 4.90 Å². The van der Waals surface area contributed by atoms with Gasteiger partial charge in [0.05, 0.1) is 18.1 Å². The van der Waals surface area contributed by atoms with Crippen molar-refractivity contribution < 1.29 is 29.0 Å². The molecule has 4 rings (SSSR count). The maximum atomic E-state index is 14.7. The largest absolute Gasteiger partial charge is 0.466 e. The minimum Gasteiger partial charge on any atom is -0.466 e. The fourth-order valence-corrected chi connectivity index (χ4v) is 7.17. The van der Waals surface area contributed by atoms with Crippen molar-refractivity contribution in [2.75, 3.05) is 31.2 Å². The quantitative estimate of drug-likeness (QED) is 0.230. The zero-order valence-electron chi connectivity index (χ0n) is 23.9. The van der Waals surface area contributed by atoms with Crippen LogP contribution in [0.2, 0.25) is 0 Å². The molecule has 8 heteroatoms. The van der Waals surface area contributed by atoms with E-state index >= 15 is 0 Å². The van der Waals surface area contributed by atoms with E-state index in [4.69, 9.17) is 14.6 Å². The molecule has 2 amide bonds. The van der Waals surface area contributed by atoms with Crippen LogP contribution in [0, 0.1) is 25.7 Å². The molecule has 1 spiro atoms. The minimum absolute atomic E-state index is 0.134. The lowest BCUT2D eigenvalue weighted by atomic mass is 9.65. The third kappa shape index (κ3) is 4.91.